The van der Waals surface area contributed by atoms with Crippen LogP contribution in [0.5, 0.6) is 5.75 Å². The van der Waals surface area contributed by atoms with Crippen molar-refractivity contribution in [3.63, 3.8) is 0 Å². The van der Waals surface area contributed by atoms with Crippen molar-refractivity contribution in [2.45, 2.75) is 12.8 Å². The molecule has 1 aromatic heterocycles. The number of carbonyl (C=O) groups excluding carboxylic acids is 2. The van der Waals surface area contributed by atoms with Gasteiger partial charge in [0.2, 0.25) is 5.91 Å². The van der Waals surface area contributed by atoms with Crippen LogP contribution < -0.4 is 10.1 Å². The highest BCUT2D eigenvalue weighted by Crippen LogP contribution is 2.21. The molecule has 0 atom stereocenters. The van der Waals surface area contributed by atoms with Crippen molar-refractivity contribution < 1.29 is 18.7 Å². The molecular weight excluding hydrogens is 330 g/mol. The zero-order chi connectivity index (χ0) is 18.4. The smallest absolute Gasteiger partial charge is 0.224 e. The standard InChI is InChI=1S/C21H19NO4/c1-25-16-10-8-15(9-11-16)21(24)18-6-2-3-7-19(18)22-20(23)13-12-17-5-4-14-26-17/h2-11,14H,12-13H2,1H3,(H,22,23). The van der Waals surface area contributed by atoms with E-state index in [2.05, 4.69) is 5.32 Å². The Balaban J connectivity index is 1.72. The van der Waals surface area contributed by atoms with E-state index in [9.17, 15) is 9.59 Å². The third-order valence-corrected chi connectivity index (χ3v) is 3.98. The number of nitrogens with one attached hydrogen (secondary N) is 1. The number of amides is 1. The number of hydrogen-bond donors (Lipinski definition) is 1. The van der Waals surface area contributed by atoms with Crippen molar-refractivity contribution in [1.82, 2.24) is 0 Å². The van der Waals surface area contributed by atoms with E-state index in [1.165, 1.54) is 0 Å². The van der Waals surface area contributed by atoms with Crippen molar-refractivity contribution in [1.29, 1.82) is 0 Å². The molecule has 0 aliphatic heterocycles. The summed E-state index contributed by atoms with van der Waals surface area (Å²) < 4.78 is 10.3. The van der Waals surface area contributed by atoms with Crippen LogP contribution in [0.3, 0.4) is 0 Å². The second-order valence-electron chi connectivity index (χ2n) is 5.73. The molecule has 26 heavy (non-hydrogen) atoms. The van der Waals surface area contributed by atoms with Gasteiger partial charge in [-0.2, -0.15) is 0 Å². The number of furan rings is 1. The summed E-state index contributed by atoms with van der Waals surface area (Å²) >= 11 is 0. The molecule has 1 amide bonds. The van der Waals surface area contributed by atoms with Crippen LogP contribution in [0, 0.1) is 0 Å². The van der Waals surface area contributed by atoms with Crippen LogP contribution in [0.1, 0.15) is 28.1 Å². The lowest BCUT2D eigenvalue weighted by Gasteiger charge is -2.10. The van der Waals surface area contributed by atoms with Crippen LogP contribution in [-0.2, 0) is 11.2 Å². The number of carbonyl (C=O) groups is 2. The van der Waals surface area contributed by atoms with E-state index < -0.39 is 0 Å². The van der Waals surface area contributed by atoms with Gasteiger partial charge in [0.1, 0.15) is 11.5 Å². The average Bonchev–Trinajstić information content (AvgIpc) is 3.20. The molecule has 0 fully saturated rings. The fraction of sp³-hybridized carbons (Fsp3) is 0.143. The molecule has 0 saturated heterocycles. The molecule has 132 valence electrons. The Morgan fingerprint density at radius 3 is 2.46 bits per heavy atom. The third-order valence-electron chi connectivity index (χ3n) is 3.98. The topological polar surface area (TPSA) is 68.5 Å². The lowest BCUT2D eigenvalue weighted by atomic mass is 10.0. The van der Waals surface area contributed by atoms with Gasteiger partial charge in [-0.05, 0) is 48.5 Å². The maximum Gasteiger partial charge on any atom is 0.224 e. The summed E-state index contributed by atoms with van der Waals surface area (Å²) in [6.07, 6.45) is 2.36. The fourth-order valence-corrected chi connectivity index (χ4v) is 2.59. The number of rotatable bonds is 7. The molecule has 0 radical (unpaired) electrons. The summed E-state index contributed by atoms with van der Waals surface area (Å²) in [4.78, 5) is 25.0. The van der Waals surface area contributed by atoms with Gasteiger partial charge in [0.05, 0.1) is 19.1 Å². The first kappa shape index (κ1) is 17.5. The predicted molar refractivity (Wildman–Crippen MR) is 98.5 cm³/mol. The third kappa shape index (κ3) is 4.19. The Labute approximate surface area is 151 Å². The van der Waals surface area contributed by atoms with Gasteiger partial charge in [0.15, 0.2) is 5.78 Å². The number of methoxy groups -OCH3 is 1. The van der Waals surface area contributed by atoms with Gasteiger partial charge in [-0.1, -0.05) is 12.1 Å². The molecule has 0 bridgehead atoms. The van der Waals surface area contributed by atoms with Crippen LogP contribution in [0.2, 0.25) is 0 Å². The van der Waals surface area contributed by atoms with E-state index in [1.54, 1.807) is 68.0 Å². The second kappa shape index (κ2) is 8.16. The summed E-state index contributed by atoms with van der Waals surface area (Å²) in [6, 6.07) is 17.5. The van der Waals surface area contributed by atoms with Crippen LogP contribution in [0.25, 0.3) is 0 Å². The number of ketones is 1. The molecule has 0 aliphatic carbocycles. The Morgan fingerprint density at radius 2 is 1.77 bits per heavy atom. The number of hydrogen-bond acceptors (Lipinski definition) is 4. The van der Waals surface area contributed by atoms with Gasteiger partial charge in [-0.25, -0.2) is 0 Å². The van der Waals surface area contributed by atoms with Gasteiger partial charge in [0.25, 0.3) is 0 Å². The number of anilines is 1. The van der Waals surface area contributed by atoms with Crippen LogP contribution in [0.15, 0.2) is 71.3 Å². The molecule has 0 unspecified atom stereocenters. The normalized spacial score (nSPS) is 10.3. The highest BCUT2D eigenvalue weighted by Gasteiger charge is 2.15. The minimum atomic E-state index is -0.170. The van der Waals surface area contributed by atoms with Crippen molar-refractivity contribution in [2.24, 2.45) is 0 Å². The molecular formula is C21H19NO4. The first-order chi connectivity index (χ1) is 12.7. The Bertz CT molecular complexity index is 883. The Kier molecular flexibility index (Phi) is 5.49. The quantitative estimate of drug-likeness (QED) is 0.652. The molecule has 3 rings (SSSR count). The van der Waals surface area contributed by atoms with E-state index in [0.29, 0.717) is 29.0 Å². The molecule has 2 aromatic carbocycles. The molecule has 1 N–H and O–H groups in total. The van der Waals surface area contributed by atoms with Crippen molar-refractivity contribution >= 4 is 17.4 Å². The molecule has 0 aliphatic rings. The average molecular weight is 349 g/mol. The van der Waals surface area contributed by atoms with Crippen LogP contribution >= 0.6 is 0 Å². The molecule has 0 saturated carbocycles. The van der Waals surface area contributed by atoms with Crippen molar-refractivity contribution in [3.05, 3.63) is 83.8 Å². The van der Waals surface area contributed by atoms with E-state index in [0.717, 1.165) is 5.76 Å². The van der Waals surface area contributed by atoms with Gasteiger partial charge in [0, 0.05) is 24.0 Å². The first-order valence-corrected chi connectivity index (χ1v) is 8.27. The molecule has 5 nitrogen and oxygen atoms in total. The van der Waals surface area contributed by atoms with E-state index in [-0.39, 0.29) is 18.1 Å². The minimum absolute atomic E-state index is 0.158. The largest absolute Gasteiger partial charge is 0.497 e. The maximum absolute atomic E-state index is 12.8. The van der Waals surface area contributed by atoms with E-state index in [1.807, 2.05) is 6.07 Å². The number of aryl methyl sites for hydroxylation is 1. The second-order valence-corrected chi connectivity index (χ2v) is 5.73. The maximum atomic E-state index is 12.8. The Hall–Kier alpha value is -3.34. The first-order valence-electron chi connectivity index (χ1n) is 8.27. The highest BCUT2D eigenvalue weighted by molar-refractivity contribution is 6.13. The molecule has 0 spiro atoms. The highest BCUT2D eigenvalue weighted by atomic mass is 16.5. The lowest BCUT2D eigenvalue weighted by molar-refractivity contribution is -0.116. The summed E-state index contributed by atoms with van der Waals surface area (Å²) in [7, 11) is 1.57. The van der Waals surface area contributed by atoms with Gasteiger partial charge in [-0.3, -0.25) is 9.59 Å². The zero-order valence-corrected chi connectivity index (χ0v) is 14.4. The number of ether oxygens (including phenoxy) is 1. The van der Waals surface area contributed by atoms with E-state index in [4.69, 9.17) is 9.15 Å². The predicted octanol–water partition coefficient (Wildman–Crippen LogP) is 4.09. The van der Waals surface area contributed by atoms with E-state index >= 15 is 0 Å². The van der Waals surface area contributed by atoms with Crippen molar-refractivity contribution in [2.75, 3.05) is 12.4 Å². The monoisotopic (exact) mass is 349 g/mol. The van der Waals surface area contributed by atoms with Crippen LogP contribution in [0.4, 0.5) is 5.69 Å². The SMILES string of the molecule is COc1ccc(C(=O)c2ccccc2NC(=O)CCc2ccco2)cc1. The summed E-state index contributed by atoms with van der Waals surface area (Å²) in [5.41, 5.74) is 1.48. The Morgan fingerprint density at radius 1 is 1.00 bits per heavy atom. The summed E-state index contributed by atoms with van der Waals surface area (Å²) in [6.45, 7) is 0. The lowest BCUT2D eigenvalue weighted by Crippen LogP contribution is -2.15. The summed E-state index contributed by atoms with van der Waals surface area (Å²) in [5.74, 6) is 1.11. The molecule has 1 heterocycles. The van der Waals surface area contributed by atoms with Crippen LogP contribution in [-0.4, -0.2) is 18.8 Å². The zero-order valence-electron chi connectivity index (χ0n) is 14.4. The van der Waals surface area contributed by atoms with Gasteiger partial charge < -0.3 is 14.5 Å². The van der Waals surface area contributed by atoms with Gasteiger partial charge >= 0.3 is 0 Å². The molecule has 3 aromatic rings. The fourth-order valence-electron chi connectivity index (χ4n) is 2.59. The number of benzene rings is 2. The number of para-hydroxylation sites is 1. The molecule has 5 heteroatoms. The van der Waals surface area contributed by atoms with Crippen molar-refractivity contribution in [3.8, 4) is 5.75 Å². The summed E-state index contributed by atoms with van der Waals surface area (Å²) in [5, 5.41) is 2.82. The van der Waals surface area contributed by atoms with Gasteiger partial charge in [-0.15, -0.1) is 0 Å². The minimum Gasteiger partial charge on any atom is -0.497 e.